The Bertz CT molecular complexity index is 85.6. The molecule has 0 atom stereocenters. The van der Waals surface area contributed by atoms with Crippen molar-refractivity contribution in [2.45, 2.75) is 0 Å². The Morgan fingerprint density at radius 3 is 1.38 bits per heavy atom. The van der Waals surface area contributed by atoms with E-state index in [1.807, 2.05) is 0 Å². The minimum absolute atomic E-state index is 0. The molecule has 0 rings (SSSR count). The maximum Gasteiger partial charge on any atom is 2.00 e. The Balaban J connectivity index is -0.0000000131. The van der Waals surface area contributed by atoms with Crippen molar-refractivity contribution in [3.8, 4) is 0 Å². The molecule has 8 heavy (non-hydrogen) atoms. The third kappa shape index (κ3) is 205. The Hall–Kier alpha value is 1.15. The number of hydrogen-bond donors (Lipinski definition) is 2. The molecule has 0 saturated carbocycles. The molecule has 0 unspecified atom stereocenters. The second-order valence-electron chi connectivity index (χ2n) is 0.299. The summed E-state index contributed by atoms with van der Waals surface area (Å²) in [6, 6.07) is 0. The van der Waals surface area contributed by atoms with Crippen molar-refractivity contribution in [1.82, 2.24) is 0 Å². The Morgan fingerprint density at radius 2 is 1.38 bits per heavy atom. The number of hydrogen-bond acceptors (Lipinski definition) is 3. The van der Waals surface area contributed by atoms with Gasteiger partial charge in [0.25, 0.3) is 11.4 Å². The third-order valence-electron chi connectivity index (χ3n) is 0. The van der Waals surface area contributed by atoms with E-state index in [1.54, 1.807) is 0 Å². The van der Waals surface area contributed by atoms with E-state index in [1.165, 1.54) is 0 Å². The molecule has 0 heterocycles. The normalized spacial score (nSPS) is 5.88. The van der Waals surface area contributed by atoms with Gasteiger partial charge < -0.3 is 2.85 Å². The quantitative estimate of drug-likeness (QED) is 0.370. The van der Waals surface area contributed by atoms with Crippen molar-refractivity contribution >= 4 is 60.7 Å². The molecule has 0 radical (unpaired) electrons. The fourth-order valence-corrected chi connectivity index (χ4v) is 0. The van der Waals surface area contributed by atoms with Gasteiger partial charge in [0.2, 0.25) is 0 Å². The molecule has 0 amide bonds. The van der Waals surface area contributed by atoms with Gasteiger partial charge in [-0.05, 0) is 0 Å². The van der Waals surface area contributed by atoms with Crippen molar-refractivity contribution in [2.24, 2.45) is 0 Å². The molecule has 5 nitrogen and oxygen atoms in total. The average Bonchev–Trinajstić information content (AvgIpc) is 1.33. The van der Waals surface area contributed by atoms with Crippen LogP contribution in [0.2, 0.25) is 0 Å². The van der Waals surface area contributed by atoms with Gasteiger partial charge in [-0.2, -0.15) is 12.6 Å². The predicted molar refractivity (Wildman–Crippen MR) is 30.3 cm³/mol. The van der Waals surface area contributed by atoms with E-state index in [4.69, 9.17) is 21.7 Å². The van der Waals surface area contributed by atoms with Crippen molar-refractivity contribution < 1.29 is 24.6 Å². The monoisotopic (exact) mass is 188 g/mol. The summed E-state index contributed by atoms with van der Waals surface area (Å²) in [5.41, 5.74) is 0. The van der Waals surface area contributed by atoms with E-state index in [0.717, 1.165) is 0 Å². The largest absolute Gasteiger partial charge is 2.00 e. The van der Waals surface area contributed by atoms with Gasteiger partial charge in [-0.1, -0.05) is 0 Å². The molecule has 8 heteroatoms. The molecular weight excluding hydrogens is 184 g/mol. The van der Waals surface area contributed by atoms with Gasteiger partial charge in [-0.15, -0.1) is 0 Å². The summed E-state index contributed by atoms with van der Waals surface area (Å²) < 4.78 is 39.4. The van der Waals surface area contributed by atoms with Gasteiger partial charge in [-0.25, -0.2) is 0 Å². The average molecular weight is 188 g/mol. The van der Waals surface area contributed by atoms with Crippen LogP contribution in [0.5, 0.6) is 0 Å². The molecule has 0 aromatic carbocycles. The smallest absolute Gasteiger partial charge is 1.00 e. The van der Waals surface area contributed by atoms with Crippen LogP contribution >= 0.6 is 0 Å². The van der Waals surface area contributed by atoms with Gasteiger partial charge in [-0.3, -0.25) is 9.11 Å². The van der Waals surface area contributed by atoms with Gasteiger partial charge >= 0.3 is 49.3 Å². The fourth-order valence-electron chi connectivity index (χ4n) is 0. The van der Waals surface area contributed by atoms with E-state index < -0.39 is 22.9 Å². The van der Waals surface area contributed by atoms with Crippen molar-refractivity contribution in [3.05, 3.63) is 0 Å². The topological polar surface area (TPSA) is 91.7 Å². The zero-order valence-electron chi connectivity index (χ0n) is 5.64. The standard InChI is InChI=1S/Ca.H2O3S.O2S.2H/c;1-4(2)3;1-3-2;;/h;(H2,1,2,3);;;/q+2;;;2*-1. The predicted octanol–water partition coefficient (Wildman–Crippen LogP) is -1.14. The first-order chi connectivity index (χ1) is 3.15. The first kappa shape index (κ1) is 16.1. The minimum Gasteiger partial charge on any atom is -1.00 e. The van der Waals surface area contributed by atoms with Crippen LogP contribution in [0.15, 0.2) is 0 Å². The minimum atomic E-state index is -2.61. The molecule has 0 aromatic rings. The van der Waals surface area contributed by atoms with Gasteiger partial charge in [0.1, 0.15) is 0 Å². The van der Waals surface area contributed by atoms with Gasteiger partial charge in [0.05, 0.1) is 0 Å². The van der Waals surface area contributed by atoms with Gasteiger partial charge in [0.15, 0.2) is 0 Å². The zero-order valence-corrected chi connectivity index (χ0v) is 7.48. The first-order valence-electron chi connectivity index (χ1n) is 0.865. The third-order valence-corrected chi connectivity index (χ3v) is 0. The summed E-state index contributed by atoms with van der Waals surface area (Å²) in [7, 11) is 0. The molecule has 2 N–H and O–H groups in total. The van der Waals surface area contributed by atoms with E-state index >= 15 is 0 Å². The van der Waals surface area contributed by atoms with Crippen LogP contribution in [0.4, 0.5) is 0 Å². The van der Waals surface area contributed by atoms with Crippen LogP contribution < -0.4 is 0 Å². The van der Waals surface area contributed by atoms with Gasteiger partial charge in [0, 0.05) is 0 Å². The Morgan fingerprint density at radius 1 is 1.38 bits per heavy atom. The zero-order chi connectivity index (χ0) is 6.28. The summed E-state index contributed by atoms with van der Waals surface area (Å²) in [4.78, 5) is 0. The summed E-state index contributed by atoms with van der Waals surface area (Å²) >= 11 is -3.36. The molecule has 0 aliphatic heterocycles. The summed E-state index contributed by atoms with van der Waals surface area (Å²) in [5.74, 6) is 0. The fraction of sp³-hybridized carbons (Fsp3) is 0. The molecule has 48 valence electrons. The summed E-state index contributed by atoms with van der Waals surface area (Å²) in [6.07, 6.45) is 0. The van der Waals surface area contributed by atoms with Crippen LogP contribution in [0.1, 0.15) is 2.85 Å². The van der Waals surface area contributed by atoms with Crippen molar-refractivity contribution in [1.29, 1.82) is 0 Å². The molecule has 0 fully saturated rings. The summed E-state index contributed by atoms with van der Waals surface area (Å²) in [5, 5.41) is 0. The van der Waals surface area contributed by atoms with E-state index in [2.05, 4.69) is 0 Å². The van der Waals surface area contributed by atoms with E-state index in [-0.39, 0.29) is 40.6 Å². The van der Waals surface area contributed by atoms with Crippen molar-refractivity contribution in [2.75, 3.05) is 0 Å². The molecule has 0 spiro atoms. The molecular formula is H4CaO5S2. The van der Waals surface area contributed by atoms with Crippen molar-refractivity contribution in [3.63, 3.8) is 0 Å². The van der Waals surface area contributed by atoms with Crippen LogP contribution in [-0.4, -0.2) is 59.5 Å². The van der Waals surface area contributed by atoms with Crippen LogP contribution in [0, 0.1) is 0 Å². The van der Waals surface area contributed by atoms with Crippen LogP contribution in [0.25, 0.3) is 0 Å². The van der Waals surface area contributed by atoms with E-state index in [9.17, 15) is 0 Å². The van der Waals surface area contributed by atoms with Crippen LogP contribution in [0.3, 0.4) is 0 Å². The number of rotatable bonds is 0. The molecule has 0 aromatic heterocycles. The second-order valence-corrected chi connectivity index (χ2v) is 0.896. The Labute approximate surface area is 84.5 Å². The summed E-state index contributed by atoms with van der Waals surface area (Å²) in [6.45, 7) is 0. The Kier molecular flexibility index (Phi) is 31.6. The molecule has 0 aliphatic carbocycles. The molecule has 0 bridgehead atoms. The molecule has 0 saturated heterocycles. The second kappa shape index (κ2) is 15.7. The SMILES string of the molecule is O=S(O)O.O=S=O.[Ca+2].[H-].[H-]. The maximum atomic E-state index is 8.67. The van der Waals surface area contributed by atoms with Crippen LogP contribution in [-0.2, 0) is 22.9 Å². The van der Waals surface area contributed by atoms with E-state index in [0.29, 0.717) is 0 Å². The first-order valence-corrected chi connectivity index (χ1v) is 2.60. The maximum absolute atomic E-state index is 8.67. The molecule has 0 aliphatic rings.